The molecule has 5 rings (SSSR count). The largest absolute Gasteiger partial charge is 0.457 e. The number of aromatic nitrogens is 2. The summed E-state index contributed by atoms with van der Waals surface area (Å²) in [6, 6.07) is 12.7. The number of urea groups is 1. The molecule has 0 atom stereocenters. The number of likely N-dealkylation sites (N-methyl/N-ethyl adjacent to an activating group) is 1. The highest BCUT2D eigenvalue weighted by Gasteiger charge is 2.31. The molecule has 14 heteroatoms. The molecule has 3 aromatic carbocycles. The fourth-order valence-electron chi connectivity index (χ4n) is 4.54. The van der Waals surface area contributed by atoms with Gasteiger partial charge in [-0.2, -0.15) is 13.2 Å². The highest BCUT2D eigenvalue weighted by Crippen LogP contribution is 2.32. The summed E-state index contributed by atoms with van der Waals surface area (Å²) < 4.78 is 58.6. The van der Waals surface area contributed by atoms with E-state index in [2.05, 4.69) is 42.8 Å². The monoisotopic (exact) mass is 621 g/mol. The molecule has 0 spiro atoms. The van der Waals surface area contributed by atoms with Crippen LogP contribution < -0.4 is 20.7 Å². The second kappa shape index (κ2) is 13.9. The number of carbonyl (C=O) groups is 1. The van der Waals surface area contributed by atoms with Crippen LogP contribution in [-0.2, 0) is 6.18 Å². The van der Waals surface area contributed by atoms with Crippen LogP contribution in [0.3, 0.4) is 0 Å². The molecule has 230 valence electrons. The van der Waals surface area contributed by atoms with Gasteiger partial charge in [0.25, 0.3) is 0 Å². The first-order valence-electron chi connectivity index (χ1n) is 13.5. The lowest BCUT2D eigenvalue weighted by Gasteiger charge is -2.32. The van der Waals surface area contributed by atoms with Crippen LogP contribution in [0.4, 0.5) is 39.7 Å². The van der Waals surface area contributed by atoms with E-state index in [9.17, 15) is 22.4 Å². The number of imidazole rings is 1. The molecule has 1 aliphatic heterocycles. The predicted octanol–water partition coefficient (Wildman–Crippen LogP) is 6.63. The molecule has 4 aromatic rings. The summed E-state index contributed by atoms with van der Waals surface area (Å²) in [4.78, 5) is 24.9. The van der Waals surface area contributed by atoms with Crippen molar-refractivity contribution in [2.24, 2.45) is 0 Å². The molecular weight excluding hydrogens is 590 g/mol. The molecule has 4 N–H and O–H groups in total. The number of amides is 2. The summed E-state index contributed by atoms with van der Waals surface area (Å²) in [7, 11) is 2.15. The van der Waals surface area contributed by atoms with Gasteiger partial charge in [-0.25, -0.2) is 14.2 Å². The van der Waals surface area contributed by atoms with Gasteiger partial charge in [0.05, 0.1) is 22.3 Å². The van der Waals surface area contributed by atoms with Gasteiger partial charge in [-0.1, -0.05) is 0 Å². The smallest absolute Gasteiger partial charge is 0.416 e. The number of hydrogen-bond acceptors (Lipinski definition) is 6. The normalized spacial score (nSPS) is 14.3. The Morgan fingerprint density at radius 3 is 2.42 bits per heavy atom. The fraction of sp³-hybridized carbons (Fsp3) is 0.310. The Kier molecular flexibility index (Phi) is 10.3. The molecule has 1 aromatic heterocycles. The average Bonchev–Trinajstić information content (AvgIpc) is 3.36. The van der Waals surface area contributed by atoms with Crippen LogP contribution in [0.1, 0.15) is 12.0 Å². The number of H-pyrrole nitrogens is 1. The summed E-state index contributed by atoms with van der Waals surface area (Å²) in [5.41, 5.74) is 0.288. The van der Waals surface area contributed by atoms with Crippen LogP contribution in [0.25, 0.3) is 11.0 Å². The van der Waals surface area contributed by atoms with Gasteiger partial charge in [-0.15, -0.1) is 12.4 Å². The first-order chi connectivity index (χ1) is 20.1. The van der Waals surface area contributed by atoms with Crippen molar-refractivity contribution in [3.63, 3.8) is 0 Å². The number of rotatable bonds is 9. The molecule has 0 aliphatic carbocycles. The molecule has 2 heterocycles. The molecule has 0 unspecified atom stereocenters. The van der Waals surface area contributed by atoms with E-state index in [0.717, 1.165) is 56.7 Å². The number of nitrogens with zero attached hydrogens (tertiary/aromatic N) is 3. The topological polar surface area (TPSA) is 97.5 Å². The molecule has 43 heavy (non-hydrogen) atoms. The minimum absolute atomic E-state index is 0. The zero-order valence-corrected chi connectivity index (χ0v) is 24.1. The van der Waals surface area contributed by atoms with Crippen LogP contribution in [0, 0.1) is 5.82 Å². The number of aromatic amines is 1. The highest BCUT2D eigenvalue weighted by atomic mass is 35.5. The number of hydrogen-bond donors (Lipinski definition) is 4. The van der Waals surface area contributed by atoms with Gasteiger partial charge in [0.2, 0.25) is 5.95 Å². The zero-order chi connectivity index (χ0) is 29.7. The minimum Gasteiger partial charge on any atom is -0.457 e. The number of halogens is 5. The first-order valence-corrected chi connectivity index (χ1v) is 13.5. The van der Waals surface area contributed by atoms with Crippen LogP contribution in [0.5, 0.6) is 11.5 Å². The van der Waals surface area contributed by atoms with Crippen molar-refractivity contribution in [3.8, 4) is 11.5 Å². The lowest BCUT2D eigenvalue weighted by Crippen LogP contribution is -2.44. The number of ether oxygens (including phenoxy) is 1. The van der Waals surface area contributed by atoms with Gasteiger partial charge >= 0.3 is 12.2 Å². The summed E-state index contributed by atoms with van der Waals surface area (Å²) >= 11 is 0. The number of carbonyl (C=O) groups excluding carboxylic acids is 1. The second-order valence-corrected chi connectivity index (χ2v) is 10.1. The maximum atomic E-state index is 13.9. The maximum Gasteiger partial charge on any atom is 0.416 e. The molecule has 0 bridgehead atoms. The van der Waals surface area contributed by atoms with E-state index in [1.807, 2.05) is 12.1 Å². The second-order valence-electron chi connectivity index (χ2n) is 10.1. The van der Waals surface area contributed by atoms with Crippen molar-refractivity contribution in [2.45, 2.75) is 12.6 Å². The Morgan fingerprint density at radius 1 is 0.977 bits per heavy atom. The van der Waals surface area contributed by atoms with Gasteiger partial charge in [0.1, 0.15) is 17.3 Å². The molecule has 1 fully saturated rings. The van der Waals surface area contributed by atoms with Crippen molar-refractivity contribution in [1.82, 2.24) is 19.8 Å². The molecule has 9 nitrogen and oxygen atoms in total. The molecule has 1 aliphatic rings. The molecule has 2 amide bonds. The van der Waals surface area contributed by atoms with E-state index < -0.39 is 29.3 Å². The molecule has 1 saturated heterocycles. The standard InChI is InChI=1S/C29H31F4N7O2.ClH/c1-39-13-15-40(16-14-39)12-2-11-34-27-36-24-10-8-22(18-26(24)37-27)42-21-6-4-20(5-7-21)35-28(41)38-25-17-19(29(31,32)33)3-9-23(25)30;/h3-10,17-18H,2,11-16H2,1H3,(H2,34,36,37)(H2,35,38,41);1H. The lowest BCUT2D eigenvalue weighted by atomic mass is 10.2. The van der Waals surface area contributed by atoms with E-state index >= 15 is 0 Å². The van der Waals surface area contributed by atoms with Crippen LogP contribution in [0.15, 0.2) is 60.7 Å². The third-order valence-electron chi connectivity index (χ3n) is 6.88. The van der Waals surface area contributed by atoms with Gasteiger partial charge in [0, 0.05) is 44.5 Å². The van der Waals surface area contributed by atoms with Crippen molar-refractivity contribution >= 4 is 46.8 Å². The van der Waals surface area contributed by atoms with Crippen molar-refractivity contribution in [3.05, 3.63) is 72.0 Å². The predicted molar refractivity (Wildman–Crippen MR) is 161 cm³/mol. The zero-order valence-electron chi connectivity index (χ0n) is 23.3. The van der Waals surface area contributed by atoms with Crippen LogP contribution in [0.2, 0.25) is 0 Å². The summed E-state index contributed by atoms with van der Waals surface area (Å²) in [6.45, 7) is 6.27. The SMILES string of the molecule is CN1CCN(CCCNc2nc3ccc(Oc4ccc(NC(=O)Nc5cc(C(F)(F)F)ccc5F)cc4)cc3[nH]2)CC1.Cl. The number of piperazine rings is 1. The summed E-state index contributed by atoms with van der Waals surface area (Å²) in [6.07, 6.45) is -3.65. The molecular formula is C29H32ClF4N7O2. The lowest BCUT2D eigenvalue weighted by molar-refractivity contribution is -0.137. The van der Waals surface area contributed by atoms with E-state index in [4.69, 9.17) is 4.74 Å². The third kappa shape index (κ3) is 8.72. The summed E-state index contributed by atoms with van der Waals surface area (Å²) in [5, 5.41) is 7.91. The van der Waals surface area contributed by atoms with E-state index in [1.165, 1.54) is 0 Å². The maximum absolute atomic E-state index is 13.9. The van der Waals surface area contributed by atoms with Crippen molar-refractivity contribution < 1.29 is 27.1 Å². The van der Waals surface area contributed by atoms with E-state index in [0.29, 0.717) is 41.3 Å². The van der Waals surface area contributed by atoms with Gasteiger partial charge in [-0.05, 0) is 74.6 Å². The highest BCUT2D eigenvalue weighted by molar-refractivity contribution is 5.99. The fourth-order valence-corrected chi connectivity index (χ4v) is 4.54. The minimum atomic E-state index is -4.66. The first kappa shape index (κ1) is 31.9. The average molecular weight is 622 g/mol. The Bertz CT molecular complexity index is 1520. The number of alkyl halides is 3. The van der Waals surface area contributed by atoms with Crippen LogP contribution in [-0.4, -0.2) is 72.1 Å². The number of nitrogens with one attached hydrogen (secondary N) is 4. The Morgan fingerprint density at radius 2 is 1.70 bits per heavy atom. The number of benzene rings is 3. The van der Waals surface area contributed by atoms with Gasteiger partial charge in [0.15, 0.2) is 0 Å². The Balaban J connectivity index is 0.00000423. The van der Waals surface area contributed by atoms with E-state index in [1.54, 1.807) is 30.3 Å². The van der Waals surface area contributed by atoms with Crippen LogP contribution >= 0.6 is 12.4 Å². The van der Waals surface area contributed by atoms with Crippen molar-refractivity contribution in [2.75, 3.05) is 62.3 Å². The van der Waals surface area contributed by atoms with Gasteiger partial charge < -0.3 is 35.5 Å². The van der Waals surface area contributed by atoms with Gasteiger partial charge in [-0.3, -0.25) is 0 Å². The van der Waals surface area contributed by atoms with E-state index in [-0.39, 0.29) is 12.4 Å². The number of anilines is 3. The Hall–Kier alpha value is -4.07. The quantitative estimate of drug-likeness (QED) is 0.124. The Labute approximate surface area is 252 Å². The third-order valence-corrected chi connectivity index (χ3v) is 6.88. The molecule has 0 radical (unpaired) electrons. The van der Waals surface area contributed by atoms with Crippen molar-refractivity contribution in [1.29, 1.82) is 0 Å². The summed E-state index contributed by atoms with van der Waals surface area (Å²) in [5.74, 6) is 0.775. The molecule has 0 saturated carbocycles. The number of fused-ring (bicyclic) bond motifs is 1.